The smallest absolute Gasteiger partial charge is 0.219 e. The highest BCUT2D eigenvalue weighted by Crippen LogP contribution is 2.10. The molecule has 0 spiro atoms. The predicted octanol–water partition coefficient (Wildman–Crippen LogP) is 3.34. The number of hydrogen-bond donors (Lipinski definition) is 1. The Morgan fingerprint density at radius 2 is 1.74 bits per heavy atom. The quantitative estimate of drug-likeness (QED) is 0.616. The summed E-state index contributed by atoms with van der Waals surface area (Å²) in [4.78, 5) is 14.0. The summed E-state index contributed by atoms with van der Waals surface area (Å²) in [6.07, 6.45) is 12.0. The van der Waals surface area contributed by atoms with Crippen LogP contribution in [0.5, 0.6) is 0 Å². The van der Waals surface area contributed by atoms with Crippen LogP contribution < -0.4 is 5.32 Å². The topological polar surface area (TPSA) is 32.3 Å². The monoisotopic (exact) mass is 268 g/mol. The van der Waals surface area contributed by atoms with Crippen molar-refractivity contribution in [3.8, 4) is 0 Å². The van der Waals surface area contributed by atoms with Crippen LogP contribution in [0.15, 0.2) is 0 Å². The van der Waals surface area contributed by atoms with Crippen LogP contribution >= 0.6 is 0 Å². The third-order valence-corrected chi connectivity index (χ3v) is 3.93. The first kappa shape index (κ1) is 16.5. The zero-order valence-electron chi connectivity index (χ0n) is 12.8. The molecule has 1 aliphatic rings. The minimum absolute atomic E-state index is 0.232. The van der Waals surface area contributed by atoms with E-state index in [1.165, 1.54) is 58.2 Å². The molecule has 3 nitrogen and oxygen atoms in total. The number of rotatable bonds is 10. The molecule has 0 aromatic rings. The van der Waals surface area contributed by atoms with Gasteiger partial charge in [-0.3, -0.25) is 4.79 Å². The summed E-state index contributed by atoms with van der Waals surface area (Å²) in [7, 11) is 0. The summed E-state index contributed by atoms with van der Waals surface area (Å²) in [5.74, 6) is 0.232. The maximum atomic E-state index is 11.4. The van der Waals surface area contributed by atoms with Crippen LogP contribution in [0.1, 0.15) is 71.1 Å². The normalized spacial score (nSPS) is 16.5. The first-order valence-electron chi connectivity index (χ1n) is 8.32. The summed E-state index contributed by atoms with van der Waals surface area (Å²) in [5.41, 5.74) is 0. The third-order valence-electron chi connectivity index (χ3n) is 3.93. The molecule has 0 aromatic carbocycles. The molecular weight excluding hydrogens is 236 g/mol. The van der Waals surface area contributed by atoms with Gasteiger partial charge >= 0.3 is 0 Å². The highest BCUT2D eigenvalue weighted by molar-refractivity contribution is 5.75. The summed E-state index contributed by atoms with van der Waals surface area (Å²) in [6.45, 7) is 6.89. The SMILES string of the molecule is CCCCC(=O)NCCCCCCN1CCCCC1. The average molecular weight is 268 g/mol. The second kappa shape index (κ2) is 11.3. The predicted molar refractivity (Wildman–Crippen MR) is 81.3 cm³/mol. The van der Waals surface area contributed by atoms with Gasteiger partial charge < -0.3 is 10.2 Å². The van der Waals surface area contributed by atoms with Gasteiger partial charge in [0.15, 0.2) is 0 Å². The molecule has 0 aromatic heterocycles. The molecule has 1 saturated heterocycles. The largest absolute Gasteiger partial charge is 0.356 e. The molecule has 1 aliphatic heterocycles. The molecule has 19 heavy (non-hydrogen) atoms. The molecule has 0 bridgehead atoms. The molecule has 1 N–H and O–H groups in total. The van der Waals surface area contributed by atoms with Crippen molar-refractivity contribution in [3.63, 3.8) is 0 Å². The van der Waals surface area contributed by atoms with Gasteiger partial charge in [0.1, 0.15) is 0 Å². The second-order valence-electron chi connectivity index (χ2n) is 5.77. The van der Waals surface area contributed by atoms with Gasteiger partial charge in [-0.1, -0.05) is 32.6 Å². The number of piperidine rings is 1. The minimum Gasteiger partial charge on any atom is -0.356 e. The van der Waals surface area contributed by atoms with Crippen LogP contribution in [-0.2, 0) is 4.79 Å². The highest BCUT2D eigenvalue weighted by atomic mass is 16.1. The van der Waals surface area contributed by atoms with Crippen LogP contribution in [0.25, 0.3) is 0 Å². The molecule has 0 saturated carbocycles. The molecular formula is C16H32N2O. The molecule has 0 unspecified atom stereocenters. The molecule has 0 atom stereocenters. The fourth-order valence-corrected chi connectivity index (χ4v) is 2.65. The van der Waals surface area contributed by atoms with E-state index in [4.69, 9.17) is 0 Å². The van der Waals surface area contributed by atoms with Gasteiger partial charge in [-0.2, -0.15) is 0 Å². The molecule has 3 heteroatoms. The Kier molecular flexibility index (Phi) is 9.78. The Balaban J connectivity index is 1.81. The van der Waals surface area contributed by atoms with E-state index in [1.54, 1.807) is 0 Å². The van der Waals surface area contributed by atoms with E-state index in [2.05, 4.69) is 17.1 Å². The number of unbranched alkanes of at least 4 members (excludes halogenated alkanes) is 4. The maximum Gasteiger partial charge on any atom is 0.219 e. The second-order valence-corrected chi connectivity index (χ2v) is 5.77. The first-order valence-corrected chi connectivity index (χ1v) is 8.32. The van der Waals surface area contributed by atoms with Crippen molar-refractivity contribution in [1.82, 2.24) is 10.2 Å². The number of hydrogen-bond acceptors (Lipinski definition) is 2. The van der Waals surface area contributed by atoms with Crippen molar-refractivity contribution in [2.45, 2.75) is 71.1 Å². The lowest BCUT2D eigenvalue weighted by atomic mass is 10.1. The van der Waals surface area contributed by atoms with Crippen LogP contribution in [0, 0.1) is 0 Å². The van der Waals surface area contributed by atoms with Gasteiger partial charge in [0.25, 0.3) is 0 Å². The van der Waals surface area contributed by atoms with Crippen molar-refractivity contribution in [3.05, 3.63) is 0 Å². The first-order chi connectivity index (χ1) is 9.33. The van der Waals surface area contributed by atoms with Crippen molar-refractivity contribution in [2.24, 2.45) is 0 Å². The van der Waals surface area contributed by atoms with E-state index in [1.807, 2.05) is 0 Å². The van der Waals surface area contributed by atoms with Crippen molar-refractivity contribution >= 4 is 5.91 Å². The number of nitrogens with zero attached hydrogens (tertiary/aromatic N) is 1. The Morgan fingerprint density at radius 3 is 2.47 bits per heavy atom. The van der Waals surface area contributed by atoms with Gasteiger partial charge in [0.2, 0.25) is 5.91 Å². The van der Waals surface area contributed by atoms with Gasteiger partial charge in [-0.25, -0.2) is 0 Å². The average Bonchev–Trinajstić information content (AvgIpc) is 2.45. The fourth-order valence-electron chi connectivity index (χ4n) is 2.65. The number of carbonyl (C=O) groups excluding carboxylic acids is 1. The molecule has 1 heterocycles. The van der Waals surface area contributed by atoms with Crippen LogP contribution in [-0.4, -0.2) is 37.0 Å². The lowest BCUT2D eigenvalue weighted by molar-refractivity contribution is -0.121. The lowest BCUT2D eigenvalue weighted by Gasteiger charge is -2.26. The Morgan fingerprint density at radius 1 is 1.00 bits per heavy atom. The van der Waals surface area contributed by atoms with Crippen LogP contribution in [0.2, 0.25) is 0 Å². The van der Waals surface area contributed by atoms with E-state index >= 15 is 0 Å². The van der Waals surface area contributed by atoms with Crippen molar-refractivity contribution in [2.75, 3.05) is 26.2 Å². The van der Waals surface area contributed by atoms with Gasteiger partial charge in [0.05, 0.1) is 0 Å². The third kappa shape index (κ3) is 9.04. The Bertz CT molecular complexity index is 225. The van der Waals surface area contributed by atoms with Crippen LogP contribution in [0.3, 0.4) is 0 Å². The van der Waals surface area contributed by atoms with E-state index in [9.17, 15) is 4.79 Å². The summed E-state index contributed by atoms with van der Waals surface area (Å²) < 4.78 is 0. The van der Waals surface area contributed by atoms with E-state index in [0.717, 1.165) is 25.8 Å². The highest BCUT2D eigenvalue weighted by Gasteiger charge is 2.08. The van der Waals surface area contributed by atoms with Gasteiger partial charge in [-0.15, -0.1) is 0 Å². The number of nitrogens with one attached hydrogen (secondary N) is 1. The Hall–Kier alpha value is -0.570. The fraction of sp³-hybridized carbons (Fsp3) is 0.938. The van der Waals surface area contributed by atoms with E-state index in [0.29, 0.717) is 6.42 Å². The van der Waals surface area contributed by atoms with E-state index in [-0.39, 0.29) is 5.91 Å². The minimum atomic E-state index is 0.232. The van der Waals surface area contributed by atoms with E-state index < -0.39 is 0 Å². The van der Waals surface area contributed by atoms with Gasteiger partial charge in [0, 0.05) is 13.0 Å². The number of likely N-dealkylation sites (tertiary alicyclic amines) is 1. The number of amides is 1. The summed E-state index contributed by atoms with van der Waals surface area (Å²) >= 11 is 0. The molecule has 112 valence electrons. The van der Waals surface area contributed by atoms with Crippen molar-refractivity contribution < 1.29 is 4.79 Å². The molecule has 0 aliphatic carbocycles. The summed E-state index contributed by atoms with van der Waals surface area (Å²) in [6, 6.07) is 0. The zero-order chi connectivity index (χ0) is 13.8. The summed E-state index contributed by atoms with van der Waals surface area (Å²) in [5, 5.41) is 3.01. The molecule has 1 amide bonds. The van der Waals surface area contributed by atoms with Crippen LogP contribution in [0.4, 0.5) is 0 Å². The lowest BCUT2D eigenvalue weighted by Crippen LogP contribution is -2.30. The molecule has 1 rings (SSSR count). The number of carbonyl (C=O) groups is 1. The Labute approximate surface area is 119 Å². The molecule has 0 radical (unpaired) electrons. The van der Waals surface area contributed by atoms with Crippen molar-refractivity contribution in [1.29, 1.82) is 0 Å². The van der Waals surface area contributed by atoms with Gasteiger partial charge in [-0.05, 0) is 51.7 Å². The maximum absolute atomic E-state index is 11.4. The standard InChI is InChI=1S/C16H32N2O/c1-2-3-11-16(19)17-12-7-4-5-8-13-18-14-9-6-10-15-18/h2-15H2,1H3,(H,17,19). The molecule has 1 fully saturated rings. The zero-order valence-corrected chi connectivity index (χ0v) is 12.8.